The molecule has 0 bridgehead atoms. The van der Waals surface area contributed by atoms with Gasteiger partial charge in [0.2, 0.25) is 0 Å². The van der Waals surface area contributed by atoms with Crippen LogP contribution >= 0.6 is 0 Å². The minimum atomic E-state index is -1.03. The third-order valence-electron chi connectivity index (χ3n) is 4.60. The average molecular weight is 356 g/mol. The molecule has 1 N–H and O–H groups in total. The monoisotopic (exact) mass is 356 g/mol. The Balaban J connectivity index is 1.74. The quantitative estimate of drug-likeness (QED) is 0.866. The summed E-state index contributed by atoms with van der Waals surface area (Å²) in [6.45, 7) is 3.01. The van der Waals surface area contributed by atoms with Crippen LogP contribution in [0.15, 0.2) is 59.5 Å². The van der Waals surface area contributed by atoms with Crippen LogP contribution in [0.3, 0.4) is 0 Å². The van der Waals surface area contributed by atoms with Crippen LogP contribution in [0.5, 0.6) is 0 Å². The molecule has 0 spiro atoms. The maximum Gasteiger partial charge on any atom is 0.251 e. The highest BCUT2D eigenvalue weighted by Gasteiger charge is 2.21. The van der Waals surface area contributed by atoms with E-state index in [1.165, 1.54) is 12.8 Å². The normalized spacial score (nSPS) is 17.2. The fraction of sp³-hybridized carbons (Fsp3) is 0.350. The van der Waals surface area contributed by atoms with Crippen molar-refractivity contribution in [3.05, 3.63) is 65.7 Å². The number of nitrogens with one attached hydrogen (secondary N) is 1. The number of hydrogen-bond acceptors (Lipinski definition) is 3. The third kappa shape index (κ3) is 4.77. The molecule has 0 radical (unpaired) electrons. The van der Waals surface area contributed by atoms with Gasteiger partial charge in [0.05, 0.1) is 6.04 Å². The van der Waals surface area contributed by atoms with Gasteiger partial charge in [-0.05, 0) is 55.8 Å². The highest BCUT2D eigenvalue weighted by atomic mass is 32.2. The standard InChI is InChI=1S/C20H24N2O2S/c1-25(24)18-11-9-17(10-12-18)20(23)21-19(15-22-13-5-6-14-22)16-7-3-2-4-8-16/h2-4,7-12,19H,5-6,13-15H2,1H3,(H,21,23). The molecule has 2 unspecified atom stereocenters. The van der Waals surface area contributed by atoms with Crippen molar-refractivity contribution in [2.45, 2.75) is 23.8 Å². The van der Waals surface area contributed by atoms with E-state index in [9.17, 15) is 9.00 Å². The zero-order chi connectivity index (χ0) is 17.6. The Morgan fingerprint density at radius 1 is 1.08 bits per heavy atom. The molecular formula is C20H24N2O2S. The highest BCUT2D eigenvalue weighted by molar-refractivity contribution is 7.84. The van der Waals surface area contributed by atoms with Crippen LogP contribution < -0.4 is 5.32 Å². The van der Waals surface area contributed by atoms with Gasteiger partial charge in [-0.1, -0.05) is 30.3 Å². The summed E-state index contributed by atoms with van der Waals surface area (Å²) in [5.41, 5.74) is 1.71. The van der Waals surface area contributed by atoms with Gasteiger partial charge in [-0.3, -0.25) is 9.00 Å². The number of hydrogen-bond donors (Lipinski definition) is 1. The van der Waals surface area contributed by atoms with Crippen LogP contribution in [0.1, 0.15) is 34.8 Å². The summed E-state index contributed by atoms with van der Waals surface area (Å²) < 4.78 is 11.5. The van der Waals surface area contributed by atoms with E-state index >= 15 is 0 Å². The fourth-order valence-corrected chi connectivity index (χ4v) is 3.70. The van der Waals surface area contributed by atoms with Crippen molar-refractivity contribution in [2.75, 3.05) is 25.9 Å². The molecule has 5 heteroatoms. The molecule has 1 saturated heterocycles. The van der Waals surface area contributed by atoms with E-state index in [0.717, 1.165) is 30.1 Å². The molecule has 1 fully saturated rings. The van der Waals surface area contributed by atoms with Crippen molar-refractivity contribution < 1.29 is 9.00 Å². The summed E-state index contributed by atoms with van der Waals surface area (Å²) in [7, 11) is -1.03. The molecule has 1 aliphatic rings. The van der Waals surface area contributed by atoms with E-state index in [-0.39, 0.29) is 11.9 Å². The van der Waals surface area contributed by atoms with Gasteiger partial charge in [-0.15, -0.1) is 0 Å². The molecule has 2 aromatic rings. The average Bonchev–Trinajstić information content (AvgIpc) is 3.15. The molecule has 132 valence electrons. The Morgan fingerprint density at radius 2 is 1.72 bits per heavy atom. The molecule has 0 saturated carbocycles. The number of carbonyl (C=O) groups excluding carboxylic acids is 1. The van der Waals surface area contributed by atoms with Gasteiger partial charge in [-0.25, -0.2) is 0 Å². The van der Waals surface area contributed by atoms with E-state index in [2.05, 4.69) is 22.3 Å². The van der Waals surface area contributed by atoms with Gasteiger partial charge >= 0.3 is 0 Å². The SMILES string of the molecule is CS(=O)c1ccc(C(=O)NC(CN2CCCC2)c2ccccc2)cc1. The summed E-state index contributed by atoms with van der Waals surface area (Å²) in [5, 5.41) is 3.17. The number of rotatable bonds is 6. The second-order valence-electron chi connectivity index (χ2n) is 6.42. The molecule has 3 rings (SSSR count). The molecule has 4 nitrogen and oxygen atoms in total. The lowest BCUT2D eigenvalue weighted by Crippen LogP contribution is -2.37. The fourth-order valence-electron chi connectivity index (χ4n) is 3.18. The van der Waals surface area contributed by atoms with Gasteiger partial charge in [0.25, 0.3) is 5.91 Å². The molecule has 0 aliphatic carbocycles. The largest absolute Gasteiger partial charge is 0.344 e. The van der Waals surface area contributed by atoms with Crippen molar-refractivity contribution in [1.82, 2.24) is 10.2 Å². The van der Waals surface area contributed by atoms with E-state index < -0.39 is 10.8 Å². The topological polar surface area (TPSA) is 49.4 Å². The Hall–Kier alpha value is -1.98. The first-order valence-electron chi connectivity index (χ1n) is 8.65. The Bertz CT molecular complexity index is 725. The Labute approximate surface area is 151 Å². The van der Waals surface area contributed by atoms with Gasteiger partial charge in [-0.2, -0.15) is 0 Å². The van der Waals surface area contributed by atoms with Crippen molar-refractivity contribution in [3.8, 4) is 0 Å². The predicted octanol–water partition coefficient (Wildman–Crippen LogP) is 2.99. The second kappa shape index (κ2) is 8.41. The van der Waals surface area contributed by atoms with Crippen molar-refractivity contribution >= 4 is 16.7 Å². The molecule has 1 amide bonds. The van der Waals surface area contributed by atoms with Gasteiger partial charge in [0.1, 0.15) is 0 Å². The summed E-state index contributed by atoms with van der Waals surface area (Å²) in [5.74, 6) is -0.0958. The minimum absolute atomic E-state index is 0.0354. The first kappa shape index (κ1) is 17.8. The summed E-state index contributed by atoms with van der Waals surface area (Å²) in [4.78, 5) is 15.8. The van der Waals surface area contributed by atoms with E-state index in [1.54, 1.807) is 30.5 Å². The molecule has 1 heterocycles. The molecule has 2 aromatic carbocycles. The maximum atomic E-state index is 12.7. The second-order valence-corrected chi connectivity index (χ2v) is 7.80. The van der Waals surface area contributed by atoms with E-state index in [4.69, 9.17) is 0 Å². The lowest BCUT2D eigenvalue weighted by molar-refractivity contribution is 0.0927. The van der Waals surface area contributed by atoms with Crippen LogP contribution in [-0.2, 0) is 10.8 Å². The van der Waals surface area contributed by atoms with E-state index in [1.807, 2.05) is 18.2 Å². The van der Waals surface area contributed by atoms with Crippen LogP contribution in [0.25, 0.3) is 0 Å². The number of amides is 1. The van der Waals surface area contributed by atoms with Crippen molar-refractivity contribution in [3.63, 3.8) is 0 Å². The van der Waals surface area contributed by atoms with E-state index in [0.29, 0.717) is 5.56 Å². The first-order chi connectivity index (χ1) is 12.1. The van der Waals surface area contributed by atoms with Crippen molar-refractivity contribution in [2.24, 2.45) is 0 Å². The number of likely N-dealkylation sites (tertiary alicyclic amines) is 1. The summed E-state index contributed by atoms with van der Waals surface area (Å²) in [6, 6.07) is 17.1. The molecule has 2 atom stereocenters. The van der Waals surface area contributed by atoms with Gasteiger partial charge in [0, 0.05) is 34.1 Å². The number of carbonyl (C=O) groups is 1. The van der Waals surface area contributed by atoms with Crippen LogP contribution in [0.4, 0.5) is 0 Å². The highest BCUT2D eigenvalue weighted by Crippen LogP contribution is 2.18. The maximum absolute atomic E-state index is 12.7. The summed E-state index contributed by atoms with van der Waals surface area (Å²) in [6.07, 6.45) is 4.09. The lowest BCUT2D eigenvalue weighted by atomic mass is 10.1. The molecular weight excluding hydrogens is 332 g/mol. The van der Waals surface area contributed by atoms with Crippen LogP contribution in [0.2, 0.25) is 0 Å². The van der Waals surface area contributed by atoms with Crippen molar-refractivity contribution in [1.29, 1.82) is 0 Å². The van der Waals surface area contributed by atoms with Crippen LogP contribution in [-0.4, -0.2) is 40.9 Å². The lowest BCUT2D eigenvalue weighted by Gasteiger charge is -2.25. The Morgan fingerprint density at radius 3 is 2.32 bits per heavy atom. The zero-order valence-corrected chi connectivity index (χ0v) is 15.3. The first-order valence-corrected chi connectivity index (χ1v) is 10.2. The number of benzene rings is 2. The Kier molecular flexibility index (Phi) is 6.00. The predicted molar refractivity (Wildman–Crippen MR) is 101 cm³/mol. The third-order valence-corrected chi connectivity index (χ3v) is 5.53. The molecule has 25 heavy (non-hydrogen) atoms. The van der Waals surface area contributed by atoms with Crippen LogP contribution in [0, 0.1) is 0 Å². The van der Waals surface area contributed by atoms with Gasteiger partial charge < -0.3 is 10.2 Å². The number of nitrogens with zero attached hydrogens (tertiary/aromatic N) is 1. The zero-order valence-electron chi connectivity index (χ0n) is 14.5. The molecule has 1 aliphatic heterocycles. The smallest absolute Gasteiger partial charge is 0.251 e. The summed E-state index contributed by atoms with van der Waals surface area (Å²) >= 11 is 0. The minimum Gasteiger partial charge on any atom is -0.344 e. The molecule has 0 aromatic heterocycles. The van der Waals surface area contributed by atoms with Gasteiger partial charge in [0.15, 0.2) is 0 Å².